The number of aliphatic imine (C=N–C) groups is 1. The largest absolute Gasteiger partial charge is 0.361 e. The van der Waals surface area contributed by atoms with Gasteiger partial charge in [-0.2, -0.15) is 0 Å². The van der Waals surface area contributed by atoms with E-state index in [-0.39, 0.29) is 17.1 Å². The highest BCUT2D eigenvalue weighted by atomic mass is 32.2. The van der Waals surface area contributed by atoms with Crippen molar-refractivity contribution < 1.29 is 4.79 Å². The van der Waals surface area contributed by atoms with E-state index in [0.29, 0.717) is 0 Å². The van der Waals surface area contributed by atoms with E-state index < -0.39 is 0 Å². The van der Waals surface area contributed by atoms with Gasteiger partial charge in [-0.1, -0.05) is 11.8 Å². The lowest BCUT2D eigenvalue weighted by Gasteiger charge is -2.07. The monoisotopic (exact) mass is 172 g/mol. The van der Waals surface area contributed by atoms with Crippen LogP contribution >= 0.6 is 11.8 Å². The Bertz CT molecular complexity index is 203. The second-order valence-electron chi connectivity index (χ2n) is 2.61. The summed E-state index contributed by atoms with van der Waals surface area (Å²) in [6.45, 7) is 3.62. The summed E-state index contributed by atoms with van der Waals surface area (Å²) < 4.78 is 0. The van der Waals surface area contributed by atoms with Gasteiger partial charge in [0.1, 0.15) is 5.78 Å². The molecule has 2 unspecified atom stereocenters. The fourth-order valence-electron chi connectivity index (χ4n) is 1.08. The summed E-state index contributed by atoms with van der Waals surface area (Å²) >= 11 is 1.52. The predicted octanol–water partition coefficient (Wildman–Crippen LogP) is 0.655. The van der Waals surface area contributed by atoms with Crippen LogP contribution in [-0.4, -0.2) is 29.3 Å². The van der Waals surface area contributed by atoms with Crippen molar-refractivity contribution in [2.45, 2.75) is 25.1 Å². The minimum atomic E-state index is 0.0497. The van der Waals surface area contributed by atoms with Gasteiger partial charge in [0.25, 0.3) is 0 Å². The molecular weight excluding hydrogens is 160 g/mol. The van der Waals surface area contributed by atoms with Crippen LogP contribution < -0.4 is 5.32 Å². The minimum absolute atomic E-state index is 0.0497. The number of carbonyl (C=O) groups is 1. The zero-order valence-electron chi connectivity index (χ0n) is 6.92. The number of ketones is 1. The first-order chi connectivity index (χ1) is 5.15. The summed E-state index contributed by atoms with van der Waals surface area (Å²) in [5.41, 5.74) is 0. The van der Waals surface area contributed by atoms with Crippen molar-refractivity contribution in [3.8, 4) is 0 Å². The molecule has 1 fully saturated rings. The van der Waals surface area contributed by atoms with Gasteiger partial charge < -0.3 is 5.32 Å². The van der Waals surface area contributed by atoms with E-state index in [1.807, 2.05) is 6.92 Å². The lowest BCUT2D eigenvalue weighted by Crippen LogP contribution is -2.31. The molecule has 0 bridgehead atoms. The van der Waals surface area contributed by atoms with Gasteiger partial charge in [-0.3, -0.25) is 9.79 Å². The quantitative estimate of drug-likeness (QED) is 0.631. The zero-order chi connectivity index (χ0) is 8.43. The van der Waals surface area contributed by atoms with Crippen LogP contribution in [0.1, 0.15) is 13.8 Å². The van der Waals surface area contributed by atoms with Crippen molar-refractivity contribution in [1.29, 1.82) is 0 Å². The van der Waals surface area contributed by atoms with E-state index >= 15 is 0 Å². The van der Waals surface area contributed by atoms with Gasteiger partial charge in [-0.05, 0) is 13.8 Å². The fourth-order valence-corrected chi connectivity index (χ4v) is 2.12. The SMILES string of the molecule is CN=C1NC(C)C(C(C)=O)S1. The lowest BCUT2D eigenvalue weighted by atomic mass is 10.2. The molecule has 0 amide bonds. The van der Waals surface area contributed by atoms with Crippen LogP contribution in [0.3, 0.4) is 0 Å². The van der Waals surface area contributed by atoms with Gasteiger partial charge in [0, 0.05) is 13.1 Å². The van der Waals surface area contributed by atoms with Crippen LogP contribution in [0.4, 0.5) is 0 Å². The van der Waals surface area contributed by atoms with Crippen LogP contribution in [0.15, 0.2) is 4.99 Å². The van der Waals surface area contributed by atoms with Crippen molar-refractivity contribution in [1.82, 2.24) is 5.32 Å². The van der Waals surface area contributed by atoms with Crippen LogP contribution in [-0.2, 0) is 4.79 Å². The molecular formula is C7H12N2OS. The molecule has 0 aliphatic carbocycles. The molecule has 1 aliphatic heterocycles. The molecule has 1 saturated heterocycles. The summed E-state index contributed by atoms with van der Waals surface area (Å²) in [7, 11) is 1.73. The van der Waals surface area contributed by atoms with Crippen molar-refractivity contribution >= 4 is 22.7 Å². The normalized spacial score (nSPS) is 33.9. The average Bonchev–Trinajstić information content (AvgIpc) is 2.30. The minimum Gasteiger partial charge on any atom is -0.361 e. The van der Waals surface area contributed by atoms with Gasteiger partial charge in [0.2, 0.25) is 0 Å². The average molecular weight is 172 g/mol. The fraction of sp³-hybridized carbons (Fsp3) is 0.714. The predicted molar refractivity (Wildman–Crippen MR) is 48.0 cm³/mol. The van der Waals surface area contributed by atoms with Gasteiger partial charge >= 0.3 is 0 Å². The molecule has 1 N–H and O–H groups in total. The van der Waals surface area contributed by atoms with Crippen molar-refractivity contribution in [2.75, 3.05) is 7.05 Å². The zero-order valence-corrected chi connectivity index (χ0v) is 7.73. The lowest BCUT2D eigenvalue weighted by molar-refractivity contribution is -0.116. The number of carbonyl (C=O) groups excluding carboxylic acids is 1. The van der Waals surface area contributed by atoms with Gasteiger partial charge in [-0.15, -0.1) is 0 Å². The number of Topliss-reactive ketones (excluding diaryl/α,β-unsaturated/α-hetero) is 1. The molecule has 0 aromatic heterocycles. The number of amidine groups is 1. The first kappa shape index (κ1) is 8.59. The van der Waals surface area contributed by atoms with E-state index in [9.17, 15) is 4.79 Å². The molecule has 0 saturated carbocycles. The number of hydrogen-bond acceptors (Lipinski definition) is 3. The first-order valence-corrected chi connectivity index (χ1v) is 4.43. The Kier molecular flexibility index (Phi) is 2.54. The van der Waals surface area contributed by atoms with Crippen molar-refractivity contribution in [3.05, 3.63) is 0 Å². The molecule has 3 nitrogen and oxygen atoms in total. The van der Waals surface area contributed by atoms with Crippen LogP contribution in [0.25, 0.3) is 0 Å². The maximum absolute atomic E-state index is 11.0. The summed E-state index contributed by atoms with van der Waals surface area (Å²) in [5, 5.41) is 4.05. The Balaban J connectivity index is 2.66. The third-order valence-electron chi connectivity index (χ3n) is 1.65. The molecule has 11 heavy (non-hydrogen) atoms. The van der Waals surface area contributed by atoms with Crippen LogP contribution in [0.5, 0.6) is 0 Å². The molecule has 1 aliphatic rings. The highest BCUT2D eigenvalue weighted by Crippen LogP contribution is 2.23. The Morgan fingerprint density at radius 2 is 2.36 bits per heavy atom. The Hall–Kier alpha value is -0.510. The number of rotatable bonds is 1. The van der Waals surface area contributed by atoms with E-state index in [0.717, 1.165) is 5.17 Å². The van der Waals surface area contributed by atoms with Crippen LogP contribution in [0.2, 0.25) is 0 Å². The Morgan fingerprint density at radius 3 is 2.64 bits per heavy atom. The molecule has 0 radical (unpaired) electrons. The molecule has 1 rings (SSSR count). The number of nitrogens with one attached hydrogen (secondary N) is 1. The number of nitrogens with zero attached hydrogens (tertiary/aromatic N) is 1. The first-order valence-electron chi connectivity index (χ1n) is 3.55. The topological polar surface area (TPSA) is 41.5 Å². The molecule has 0 spiro atoms. The van der Waals surface area contributed by atoms with E-state index in [1.54, 1.807) is 14.0 Å². The molecule has 2 atom stereocenters. The highest BCUT2D eigenvalue weighted by molar-refractivity contribution is 8.15. The van der Waals surface area contributed by atoms with E-state index in [4.69, 9.17) is 0 Å². The van der Waals surface area contributed by atoms with E-state index in [2.05, 4.69) is 10.3 Å². The second kappa shape index (κ2) is 3.26. The molecule has 0 aromatic rings. The van der Waals surface area contributed by atoms with Gasteiger partial charge in [0.15, 0.2) is 5.17 Å². The maximum Gasteiger partial charge on any atom is 0.157 e. The molecule has 0 aromatic carbocycles. The smallest absolute Gasteiger partial charge is 0.157 e. The standard InChI is InChI=1S/C7H12N2OS/c1-4-6(5(2)10)11-7(8-3)9-4/h4,6H,1-3H3,(H,8,9). The maximum atomic E-state index is 11.0. The van der Waals surface area contributed by atoms with E-state index in [1.165, 1.54) is 11.8 Å². The third kappa shape index (κ3) is 1.74. The summed E-state index contributed by atoms with van der Waals surface area (Å²) in [5.74, 6) is 0.216. The molecule has 4 heteroatoms. The second-order valence-corrected chi connectivity index (χ2v) is 3.74. The molecule has 1 heterocycles. The van der Waals surface area contributed by atoms with Crippen LogP contribution in [0, 0.1) is 0 Å². The third-order valence-corrected chi connectivity index (χ3v) is 3.17. The Morgan fingerprint density at radius 1 is 1.73 bits per heavy atom. The van der Waals surface area contributed by atoms with Gasteiger partial charge in [0.05, 0.1) is 5.25 Å². The van der Waals surface area contributed by atoms with Gasteiger partial charge in [-0.25, -0.2) is 0 Å². The number of thioether (sulfide) groups is 1. The van der Waals surface area contributed by atoms with Crippen molar-refractivity contribution in [2.24, 2.45) is 4.99 Å². The summed E-state index contributed by atoms with van der Waals surface area (Å²) in [4.78, 5) is 15.0. The summed E-state index contributed by atoms with van der Waals surface area (Å²) in [6, 6.07) is 0.219. The molecule has 62 valence electrons. The highest BCUT2D eigenvalue weighted by Gasteiger charge is 2.31. The summed E-state index contributed by atoms with van der Waals surface area (Å²) in [6.07, 6.45) is 0. The number of hydrogen-bond donors (Lipinski definition) is 1. The van der Waals surface area contributed by atoms with Crippen molar-refractivity contribution in [3.63, 3.8) is 0 Å². The Labute approximate surface area is 70.7 Å².